The minimum atomic E-state index is -0.338. The molecule has 0 saturated heterocycles. The molecule has 7 nitrogen and oxygen atoms in total. The second-order valence-electron chi connectivity index (χ2n) is 7.07. The Balaban J connectivity index is 1.88. The Kier molecular flexibility index (Phi) is 6.21. The third-order valence-electron chi connectivity index (χ3n) is 4.84. The molecule has 0 saturated carbocycles. The van der Waals surface area contributed by atoms with Crippen molar-refractivity contribution >= 4 is 22.6 Å². The predicted molar refractivity (Wildman–Crippen MR) is 122 cm³/mol. The van der Waals surface area contributed by atoms with Crippen LogP contribution >= 0.6 is 0 Å². The molecule has 0 spiro atoms. The number of ether oxygens (including phenoxy) is 1. The maximum atomic E-state index is 14.5. The number of aromatic nitrogens is 3. The van der Waals surface area contributed by atoms with Crippen LogP contribution in [0.1, 0.15) is 6.92 Å². The zero-order valence-electron chi connectivity index (χ0n) is 17.7. The molecule has 32 heavy (non-hydrogen) atoms. The van der Waals surface area contributed by atoms with Crippen molar-refractivity contribution in [1.82, 2.24) is 20.3 Å². The van der Waals surface area contributed by atoms with Gasteiger partial charge in [-0.05, 0) is 35.9 Å². The molecule has 8 heteroatoms. The number of nitrogens with zero attached hydrogens (tertiary/aromatic N) is 3. The molecule has 2 N–H and O–H groups in total. The summed E-state index contributed by atoms with van der Waals surface area (Å²) in [7, 11) is 1.77. The van der Waals surface area contributed by atoms with E-state index >= 15 is 0 Å². The van der Waals surface area contributed by atoms with Gasteiger partial charge in [-0.15, -0.1) is 0 Å². The normalized spacial score (nSPS) is 10.7. The second kappa shape index (κ2) is 9.38. The first kappa shape index (κ1) is 21.2. The van der Waals surface area contributed by atoms with Gasteiger partial charge in [0.2, 0.25) is 5.91 Å². The van der Waals surface area contributed by atoms with Crippen LogP contribution in [-0.2, 0) is 4.79 Å². The van der Waals surface area contributed by atoms with E-state index in [1.54, 1.807) is 43.7 Å². The highest BCUT2D eigenvalue weighted by molar-refractivity contribution is 5.97. The minimum Gasteiger partial charge on any atom is -0.489 e. The molecule has 1 amide bonds. The zero-order chi connectivity index (χ0) is 22.5. The molecule has 2 aromatic heterocycles. The summed E-state index contributed by atoms with van der Waals surface area (Å²) in [5.74, 6) is 1.06. The second-order valence-corrected chi connectivity index (χ2v) is 7.07. The van der Waals surface area contributed by atoms with Gasteiger partial charge in [-0.2, -0.15) is 0 Å². The Bertz CT molecular complexity index is 1260. The van der Waals surface area contributed by atoms with Gasteiger partial charge >= 0.3 is 0 Å². The quantitative estimate of drug-likeness (QED) is 0.429. The van der Waals surface area contributed by atoms with Crippen molar-refractivity contribution in [3.05, 3.63) is 66.7 Å². The van der Waals surface area contributed by atoms with Crippen molar-refractivity contribution in [3.63, 3.8) is 0 Å². The van der Waals surface area contributed by atoms with E-state index in [0.717, 1.165) is 5.56 Å². The topological polar surface area (TPSA) is 89.0 Å². The summed E-state index contributed by atoms with van der Waals surface area (Å²) in [4.78, 5) is 24.7. The number of hydrogen-bond donors (Lipinski definition) is 2. The molecule has 4 rings (SSSR count). The summed E-state index contributed by atoms with van der Waals surface area (Å²) >= 11 is 0. The molecule has 0 bridgehead atoms. The van der Waals surface area contributed by atoms with Gasteiger partial charge in [-0.3, -0.25) is 9.78 Å². The molecule has 2 aromatic carbocycles. The van der Waals surface area contributed by atoms with Gasteiger partial charge in [0.25, 0.3) is 0 Å². The van der Waals surface area contributed by atoms with Gasteiger partial charge in [0, 0.05) is 42.9 Å². The molecule has 0 aliphatic heterocycles. The maximum absolute atomic E-state index is 14.5. The third kappa shape index (κ3) is 4.49. The average molecular weight is 431 g/mol. The molecule has 0 aliphatic carbocycles. The number of carbonyl (C=O) groups is 1. The number of rotatable bonds is 7. The third-order valence-corrected chi connectivity index (χ3v) is 4.84. The van der Waals surface area contributed by atoms with E-state index in [-0.39, 0.29) is 18.3 Å². The summed E-state index contributed by atoms with van der Waals surface area (Å²) in [5.41, 5.74) is 2.42. The highest BCUT2D eigenvalue weighted by atomic mass is 19.1. The lowest BCUT2D eigenvalue weighted by molar-refractivity contribution is -0.119. The van der Waals surface area contributed by atoms with Crippen molar-refractivity contribution in [3.8, 4) is 28.3 Å². The lowest BCUT2D eigenvalue weighted by atomic mass is 10.0. The highest BCUT2D eigenvalue weighted by Crippen LogP contribution is 2.36. The Hall–Kier alpha value is -4.07. The van der Waals surface area contributed by atoms with E-state index in [0.29, 0.717) is 46.0 Å². The van der Waals surface area contributed by atoms with Gasteiger partial charge < -0.3 is 15.4 Å². The van der Waals surface area contributed by atoms with Crippen LogP contribution < -0.4 is 15.4 Å². The van der Waals surface area contributed by atoms with Crippen LogP contribution in [0.5, 0.6) is 5.75 Å². The van der Waals surface area contributed by atoms with Gasteiger partial charge in [-0.1, -0.05) is 18.2 Å². The summed E-state index contributed by atoms with van der Waals surface area (Å²) in [6.07, 6.45) is 3.37. The highest BCUT2D eigenvalue weighted by Gasteiger charge is 2.16. The summed E-state index contributed by atoms with van der Waals surface area (Å²) in [5, 5.41) is 6.50. The van der Waals surface area contributed by atoms with Crippen molar-refractivity contribution in [2.45, 2.75) is 6.92 Å². The number of fused-ring (bicyclic) bond motifs is 1. The average Bonchev–Trinajstić information content (AvgIpc) is 2.81. The van der Waals surface area contributed by atoms with E-state index in [4.69, 9.17) is 9.72 Å². The van der Waals surface area contributed by atoms with E-state index in [9.17, 15) is 9.18 Å². The van der Waals surface area contributed by atoms with E-state index in [2.05, 4.69) is 20.6 Å². The Labute approximate surface area is 184 Å². The number of amides is 1. The minimum absolute atomic E-state index is 0.141. The first-order chi connectivity index (χ1) is 15.6. The number of nitrogens with one attached hydrogen (secondary N) is 2. The van der Waals surface area contributed by atoms with Crippen molar-refractivity contribution in [2.75, 3.05) is 25.5 Å². The van der Waals surface area contributed by atoms with Crippen LogP contribution in [0.15, 0.2) is 60.9 Å². The molecule has 2 heterocycles. The van der Waals surface area contributed by atoms with E-state index in [1.165, 1.54) is 13.0 Å². The predicted octanol–water partition coefficient (Wildman–Crippen LogP) is 4.05. The molecule has 162 valence electrons. The number of pyridine rings is 1. The summed E-state index contributed by atoms with van der Waals surface area (Å²) < 4.78 is 20.5. The lowest BCUT2D eigenvalue weighted by Gasteiger charge is -2.15. The van der Waals surface area contributed by atoms with Crippen LogP contribution in [0.2, 0.25) is 0 Å². The van der Waals surface area contributed by atoms with Gasteiger partial charge in [0.1, 0.15) is 29.5 Å². The fourth-order valence-electron chi connectivity index (χ4n) is 3.36. The molecule has 4 aromatic rings. The first-order valence-corrected chi connectivity index (χ1v) is 10.1. The summed E-state index contributed by atoms with van der Waals surface area (Å²) in [6, 6.07) is 13.8. The van der Waals surface area contributed by atoms with Crippen LogP contribution in [0.4, 0.5) is 10.2 Å². The molecule has 0 aliphatic rings. The Morgan fingerprint density at radius 3 is 2.66 bits per heavy atom. The molecular weight excluding hydrogens is 409 g/mol. The number of halogens is 1. The fourth-order valence-corrected chi connectivity index (χ4v) is 3.36. The van der Waals surface area contributed by atoms with E-state index < -0.39 is 0 Å². The van der Waals surface area contributed by atoms with Crippen molar-refractivity contribution in [2.24, 2.45) is 0 Å². The smallest absolute Gasteiger partial charge is 0.216 e. The number of carbonyl (C=O) groups excluding carboxylic acids is 1. The lowest BCUT2D eigenvalue weighted by Crippen LogP contribution is -2.25. The molecular formula is C24H22FN5O2. The molecule has 0 fully saturated rings. The van der Waals surface area contributed by atoms with Crippen molar-refractivity contribution < 1.29 is 13.9 Å². The number of anilines is 1. The molecule has 0 atom stereocenters. The Morgan fingerprint density at radius 2 is 1.94 bits per heavy atom. The van der Waals surface area contributed by atoms with Crippen molar-refractivity contribution in [1.29, 1.82) is 0 Å². The zero-order valence-corrected chi connectivity index (χ0v) is 17.7. The van der Waals surface area contributed by atoms with Crippen LogP contribution in [0.25, 0.3) is 33.4 Å². The van der Waals surface area contributed by atoms with Gasteiger partial charge in [0.05, 0.1) is 6.54 Å². The number of hydrogen-bond acceptors (Lipinski definition) is 6. The number of benzene rings is 2. The van der Waals surface area contributed by atoms with Gasteiger partial charge in [0.15, 0.2) is 5.82 Å². The monoisotopic (exact) mass is 431 g/mol. The largest absolute Gasteiger partial charge is 0.489 e. The molecule has 0 unspecified atom stereocenters. The maximum Gasteiger partial charge on any atom is 0.216 e. The van der Waals surface area contributed by atoms with E-state index in [1.807, 2.05) is 18.2 Å². The first-order valence-electron chi connectivity index (χ1n) is 10.1. The van der Waals surface area contributed by atoms with Crippen LogP contribution in [0.3, 0.4) is 0 Å². The fraction of sp³-hybridized carbons (Fsp3) is 0.167. The summed E-state index contributed by atoms with van der Waals surface area (Å²) in [6.45, 7) is 2.01. The van der Waals surface area contributed by atoms with Crippen LogP contribution in [-0.4, -0.2) is 41.1 Å². The SMILES string of the molecule is CNc1nc(-c2cccnc2)nc2c(OCCNC(C)=O)cc(-c3ccccc3F)cc12. The standard InChI is InChI=1S/C24H22FN5O2/c1-15(31)28-10-11-32-21-13-17(18-7-3-4-8-20(18)25)12-19-22(21)29-23(30-24(19)26-2)16-6-5-9-27-14-16/h3-9,12-14H,10-11H2,1-2H3,(H,28,31)(H,26,29,30). The van der Waals surface area contributed by atoms with Crippen LogP contribution in [0, 0.1) is 5.82 Å². The van der Waals surface area contributed by atoms with Gasteiger partial charge in [-0.25, -0.2) is 14.4 Å². The Morgan fingerprint density at radius 1 is 1.09 bits per heavy atom. The molecule has 0 radical (unpaired) electrons.